The van der Waals surface area contributed by atoms with E-state index in [0.29, 0.717) is 5.41 Å². The van der Waals surface area contributed by atoms with Crippen molar-refractivity contribution in [2.45, 2.75) is 25.3 Å². The van der Waals surface area contributed by atoms with Crippen LogP contribution in [0, 0.1) is 5.41 Å². The number of hydrogen-bond acceptors (Lipinski definition) is 4. The van der Waals surface area contributed by atoms with Crippen molar-refractivity contribution in [2.75, 3.05) is 59.5 Å². The fourth-order valence-corrected chi connectivity index (χ4v) is 3.10. The van der Waals surface area contributed by atoms with Gasteiger partial charge in [-0.25, -0.2) is 0 Å². The molecule has 4 nitrogen and oxygen atoms in total. The van der Waals surface area contributed by atoms with Gasteiger partial charge in [0.25, 0.3) is 0 Å². The lowest BCUT2D eigenvalue weighted by Gasteiger charge is -2.38. The molecule has 3 fully saturated rings. The second-order valence-corrected chi connectivity index (χ2v) is 6.54. The molecule has 0 bridgehead atoms. The SMILES string of the molecule is CN1CCN(CC2(CNC3CC3)CCOC2)CC1. The minimum atomic E-state index is 0.387. The number of hydrogen-bond donors (Lipinski definition) is 1. The molecular weight excluding hydrogens is 226 g/mol. The largest absolute Gasteiger partial charge is 0.381 e. The van der Waals surface area contributed by atoms with Crippen molar-refractivity contribution in [3.8, 4) is 0 Å². The predicted octanol–water partition coefficient (Wildman–Crippen LogP) is 0.393. The topological polar surface area (TPSA) is 27.7 Å². The van der Waals surface area contributed by atoms with Gasteiger partial charge >= 0.3 is 0 Å². The lowest BCUT2D eigenvalue weighted by atomic mass is 9.86. The Bertz CT molecular complexity index is 266. The van der Waals surface area contributed by atoms with Crippen LogP contribution in [0.5, 0.6) is 0 Å². The second-order valence-electron chi connectivity index (χ2n) is 6.54. The minimum Gasteiger partial charge on any atom is -0.381 e. The maximum atomic E-state index is 5.70. The van der Waals surface area contributed by atoms with E-state index in [1.165, 1.54) is 52.0 Å². The van der Waals surface area contributed by atoms with E-state index >= 15 is 0 Å². The Hall–Kier alpha value is -0.160. The van der Waals surface area contributed by atoms with Crippen LogP contribution in [0.1, 0.15) is 19.3 Å². The zero-order valence-corrected chi connectivity index (χ0v) is 11.7. The molecule has 3 aliphatic rings. The van der Waals surface area contributed by atoms with Crippen LogP contribution < -0.4 is 5.32 Å². The molecule has 0 spiro atoms. The number of likely N-dealkylation sites (N-methyl/N-ethyl adjacent to an activating group) is 1. The van der Waals surface area contributed by atoms with Gasteiger partial charge in [0.05, 0.1) is 6.61 Å². The van der Waals surface area contributed by atoms with Crippen LogP contribution in [0.15, 0.2) is 0 Å². The molecule has 0 aromatic carbocycles. The average molecular weight is 253 g/mol. The summed E-state index contributed by atoms with van der Waals surface area (Å²) in [5.74, 6) is 0. The molecule has 2 saturated heterocycles. The van der Waals surface area contributed by atoms with E-state index in [2.05, 4.69) is 22.2 Å². The van der Waals surface area contributed by atoms with Crippen LogP contribution in [0.3, 0.4) is 0 Å². The highest BCUT2D eigenvalue weighted by Gasteiger charge is 2.38. The van der Waals surface area contributed by atoms with Crippen LogP contribution >= 0.6 is 0 Å². The smallest absolute Gasteiger partial charge is 0.0547 e. The Balaban J connectivity index is 1.52. The van der Waals surface area contributed by atoms with Gasteiger partial charge in [0.2, 0.25) is 0 Å². The van der Waals surface area contributed by atoms with Gasteiger partial charge < -0.3 is 19.9 Å². The lowest BCUT2D eigenvalue weighted by molar-refractivity contribution is 0.0786. The summed E-state index contributed by atoms with van der Waals surface area (Å²) in [4.78, 5) is 5.07. The second kappa shape index (κ2) is 5.45. The van der Waals surface area contributed by atoms with Gasteiger partial charge in [-0.3, -0.25) is 0 Å². The van der Waals surface area contributed by atoms with E-state index in [1.54, 1.807) is 0 Å². The van der Waals surface area contributed by atoms with Crippen LogP contribution in [0.25, 0.3) is 0 Å². The molecule has 1 aliphatic carbocycles. The number of nitrogens with one attached hydrogen (secondary N) is 1. The maximum absolute atomic E-state index is 5.70. The monoisotopic (exact) mass is 253 g/mol. The first-order valence-electron chi connectivity index (χ1n) is 7.48. The molecule has 2 aliphatic heterocycles. The molecule has 104 valence electrons. The van der Waals surface area contributed by atoms with Crippen molar-refractivity contribution in [1.82, 2.24) is 15.1 Å². The number of nitrogens with zero attached hydrogens (tertiary/aromatic N) is 2. The summed E-state index contributed by atoms with van der Waals surface area (Å²) >= 11 is 0. The number of rotatable bonds is 5. The molecular formula is C14H27N3O. The highest BCUT2D eigenvalue weighted by molar-refractivity contribution is 4.92. The van der Waals surface area contributed by atoms with E-state index in [4.69, 9.17) is 4.74 Å². The van der Waals surface area contributed by atoms with Crippen molar-refractivity contribution in [2.24, 2.45) is 5.41 Å². The zero-order valence-electron chi connectivity index (χ0n) is 11.7. The molecule has 0 amide bonds. The first kappa shape index (κ1) is 12.9. The summed E-state index contributed by atoms with van der Waals surface area (Å²) in [6.07, 6.45) is 4.00. The van der Waals surface area contributed by atoms with Crippen molar-refractivity contribution >= 4 is 0 Å². The molecule has 2 heterocycles. The van der Waals surface area contributed by atoms with Gasteiger partial charge in [-0.2, -0.15) is 0 Å². The average Bonchev–Trinajstić information content (AvgIpc) is 3.10. The summed E-state index contributed by atoms with van der Waals surface area (Å²) in [5, 5.41) is 3.72. The Morgan fingerprint density at radius 1 is 1.22 bits per heavy atom. The Kier molecular flexibility index (Phi) is 3.89. The van der Waals surface area contributed by atoms with Crippen LogP contribution in [-0.4, -0.2) is 75.4 Å². The van der Waals surface area contributed by atoms with Crippen molar-refractivity contribution in [3.05, 3.63) is 0 Å². The van der Waals surface area contributed by atoms with Crippen LogP contribution in [0.2, 0.25) is 0 Å². The minimum absolute atomic E-state index is 0.387. The highest BCUT2D eigenvalue weighted by atomic mass is 16.5. The third-order valence-electron chi connectivity index (χ3n) is 4.68. The summed E-state index contributed by atoms with van der Waals surface area (Å²) in [6.45, 7) is 9.17. The van der Waals surface area contributed by atoms with E-state index in [9.17, 15) is 0 Å². The number of piperazine rings is 1. The standard InChI is InChI=1S/C14H27N3O/c1-16-5-7-17(8-6-16)11-14(4-9-18-12-14)10-15-13-2-3-13/h13,15H,2-12H2,1H3. The Morgan fingerprint density at radius 2 is 2.00 bits per heavy atom. The zero-order chi connectivity index (χ0) is 12.4. The van der Waals surface area contributed by atoms with E-state index < -0.39 is 0 Å². The summed E-state index contributed by atoms with van der Waals surface area (Å²) in [7, 11) is 2.22. The van der Waals surface area contributed by atoms with E-state index in [1.807, 2.05) is 0 Å². The molecule has 1 atom stereocenters. The molecule has 0 aromatic rings. The van der Waals surface area contributed by atoms with Gasteiger partial charge in [-0.15, -0.1) is 0 Å². The first-order chi connectivity index (χ1) is 8.76. The molecule has 0 aromatic heterocycles. The van der Waals surface area contributed by atoms with Crippen molar-refractivity contribution in [1.29, 1.82) is 0 Å². The fraction of sp³-hybridized carbons (Fsp3) is 1.00. The van der Waals surface area contributed by atoms with Gasteiger partial charge in [0.15, 0.2) is 0 Å². The molecule has 3 rings (SSSR count). The van der Waals surface area contributed by atoms with Gasteiger partial charge in [-0.1, -0.05) is 0 Å². The van der Waals surface area contributed by atoms with Crippen LogP contribution in [-0.2, 0) is 4.74 Å². The Morgan fingerprint density at radius 3 is 2.61 bits per heavy atom. The van der Waals surface area contributed by atoms with Gasteiger partial charge in [0, 0.05) is 57.3 Å². The lowest BCUT2D eigenvalue weighted by Crippen LogP contribution is -2.51. The molecule has 1 unspecified atom stereocenters. The summed E-state index contributed by atoms with van der Waals surface area (Å²) < 4.78 is 5.70. The highest BCUT2D eigenvalue weighted by Crippen LogP contribution is 2.31. The fourth-order valence-electron chi connectivity index (χ4n) is 3.10. The molecule has 18 heavy (non-hydrogen) atoms. The van der Waals surface area contributed by atoms with Gasteiger partial charge in [0.1, 0.15) is 0 Å². The van der Waals surface area contributed by atoms with Crippen molar-refractivity contribution < 1.29 is 4.74 Å². The quantitative estimate of drug-likeness (QED) is 0.767. The third kappa shape index (κ3) is 3.23. The molecule has 0 radical (unpaired) electrons. The molecule has 1 saturated carbocycles. The first-order valence-corrected chi connectivity index (χ1v) is 7.48. The summed E-state index contributed by atoms with van der Waals surface area (Å²) in [5.41, 5.74) is 0.387. The normalized spacial score (nSPS) is 35.2. The van der Waals surface area contributed by atoms with E-state index in [-0.39, 0.29) is 0 Å². The number of ether oxygens (including phenoxy) is 1. The molecule has 4 heteroatoms. The third-order valence-corrected chi connectivity index (χ3v) is 4.68. The maximum Gasteiger partial charge on any atom is 0.0547 e. The van der Waals surface area contributed by atoms with Gasteiger partial charge in [-0.05, 0) is 26.3 Å². The van der Waals surface area contributed by atoms with E-state index in [0.717, 1.165) is 25.8 Å². The summed E-state index contributed by atoms with van der Waals surface area (Å²) in [6, 6.07) is 0.815. The molecule has 1 N–H and O–H groups in total. The predicted molar refractivity (Wildman–Crippen MR) is 72.8 cm³/mol. The van der Waals surface area contributed by atoms with Crippen molar-refractivity contribution in [3.63, 3.8) is 0 Å². The van der Waals surface area contributed by atoms with Crippen LogP contribution in [0.4, 0.5) is 0 Å². The Labute approximate surface area is 111 Å².